The van der Waals surface area contributed by atoms with E-state index in [1.807, 2.05) is 18.4 Å². The number of hydrogen-bond acceptors (Lipinski definition) is 4. The minimum atomic E-state index is 0.853. The van der Waals surface area contributed by atoms with E-state index < -0.39 is 0 Å². The molecule has 15 heavy (non-hydrogen) atoms. The molecular weight excluding hydrogens is 208 g/mol. The number of aromatic nitrogens is 4. The molecule has 74 valence electrons. The van der Waals surface area contributed by atoms with Crippen LogP contribution in [0.2, 0.25) is 0 Å². The van der Waals surface area contributed by atoms with Gasteiger partial charge in [-0.15, -0.1) is 0 Å². The third kappa shape index (κ3) is 1.27. The molecule has 0 bridgehead atoms. The second kappa shape index (κ2) is 3.20. The Labute approximate surface area is 90.2 Å². The molecule has 0 saturated carbocycles. The maximum absolute atomic E-state index is 4.46. The summed E-state index contributed by atoms with van der Waals surface area (Å²) in [6, 6.07) is 3.82. The molecule has 1 N–H and O–H groups in total. The number of fused-ring (bicyclic) bond motifs is 3. The van der Waals surface area contributed by atoms with Crippen molar-refractivity contribution < 1.29 is 0 Å². The molecular formula is C10H8N4S. The number of nitrogens with one attached hydrogen (secondary N) is 1. The van der Waals surface area contributed by atoms with Gasteiger partial charge in [0, 0.05) is 6.20 Å². The van der Waals surface area contributed by atoms with Crippen molar-refractivity contribution in [3.8, 4) is 0 Å². The Morgan fingerprint density at radius 1 is 1.27 bits per heavy atom. The summed E-state index contributed by atoms with van der Waals surface area (Å²) in [5.74, 6) is 0. The Balaban J connectivity index is 2.47. The number of rotatable bonds is 1. The van der Waals surface area contributed by atoms with Crippen LogP contribution in [0.4, 0.5) is 0 Å². The Morgan fingerprint density at radius 3 is 3.07 bits per heavy atom. The monoisotopic (exact) mass is 216 g/mol. The van der Waals surface area contributed by atoms with E-state index in [4.69, 9.17) is 0 Å². The summed E-state index contributed by atoms with van der Waals surface area (Å²) in [4.78, 5) is 16.3. The molecule has 3 aromatic heterocycles. The lowest BCUT2D eigenvalue weighted by Crippen LogP contribution is -1.83. The highest BCUT2D eigenvalue weighted by atomic mass is 32.2. The van der Waals surface area contributed by atoms with E-state index >= 15 is 0 Å². The largest absolute Gasteiger partial charge is 0.332 e. The smallest absolute Gasteiger partial charge is 0.166 e. The number of imidazole rings is 1. The van der Waals surface area contributed by atoms with Gasteiger partial charge in [-0.3, -0.25) is 9.97 Å². The molecule has 0 aliphatic heterocycles. The summed E-state index contributed by atoms with van der Waals surface area (Å²) in [5.41, 5.74) is 3.56. The van der Waals surface area contributed by atoms with E-state index in [1.165, 1.54) is 0 Å². The molecule has 4 nitrogen and oxygen atoms in total. The lowest BCUT2D eigenvalue weighted by Gasteiger charge is -1.94. The van der Waals surface area contributed by atoms with Crippen LogP contribution >= 0.6 is 11.8 Å². The van der Waals surface area contributed by atoms with Crippen LogP contribution in [-0.4, -0.2) is 26.2 Å². The van der Waals surface area contributed by atoms with Gasteiger partial charge in [-0.2, -0.15) is 0 Å². The molecule has 0 radical (unpaired) electrons. The fourth-order valence-electron chi connectivity index (χ4n) is 1.55. The molecule has 3 heterocycles. The van der Waals surface area contributed by atoms with Crippen molar-refractivity contribution in [2.24, 2.45) is 0 Å². The molecule has 0 saturated heterocycles. The molecule has 3 rings (SSSR count). The van der Waals surface area contributed by atoms with Crippen molar-refractivity contribution in [1.82, 2.24) is 19.9 Å². The highest BCUT2D eigenvalue weighted by molar-refractivity contribution is 7.98. The summed E-state index contributed by atoms with van der Waals surface area (Å²) in [5, 5.41) is 0.893. The van der Waals surface area contributed by atoms with E-state index in [1.54, 1.807) is 24.2 Å². The molecule has 0 atom stereocenters. The first-order chi connectivity index (χ1) is 7.38. The van der Waals surface area contributed by atoms with Crippen LogP contribution < -0.4 is 0 Å². The summed E-state index contributed by atoms with van der Waals surface area (Å²) in [6.07, 6.45) is 5.55. The number of H-pyrrole nitrogens is 1. The molecule has 0 fully saturated rings. The number of thioether (sulfide) groups is 1. The van der Waals surface area contributed by atoms with Gasteiger partial charge in [-0.1, -0.05) is 11.8 Å². The standard InChI is InChI=1S/C10H8N4S/c1-15-10-13-7-5-12-6-3-2-4-11-8(6)9(7)14-10/h2-5H,1H3,(H,13,14). The summed E-state index contributed by atoms with van der Waals surface area (Å²) in [7, 11) is 0. The molecule has 3 aromatic rings. The molecule has 0 spiro atoms. The first-order valence-corrected chi connectivity index (χ1v) is 5.74. The normalized spacial score (nSPS) is 11.3. The van der Waals surface area contributed by atoms with Crippen LogP contribution in [0.3, 0.4) is 0 Å². The van der Waals surface area contributed by atoms with Crippen molar-refractivity contribution in [2.75, 3.05) is 6.26 Å². The lowest BCUT2D eigenvalue weighted by atomic mass is 10.3. The fraction of sp³-hybridized carbons (Fsp3) is 0.100. The van der Waals surface area contributed by atoms with E-state index in [2.05, 4.69) is 19.9 Å². The Morgan fingerprint density at radius 2 is 2.20 bits per heavy atom. The second-order valence-electron chi connectivity index (χ2n) is 3.14. The van der Waals surface area contributed by atoms with E-state index in [0.717, 1.165) is 27.2 Å². The first-order valence-electron chi connectivity index (χ1n) is 4.52. The topological polar surface area (TPSA) is 54.5 Å². The molecule has 0 unspecified atom stereocenters. The first kappa shape index (κ1) is 8.67. The Bertz CT molecular complexity index is 631. The predicted octanol–water partition coefficient (Wildman–Crippen LogP) is 2.23. The Kier molecular flexibility index (Phi) is 1.85. The van der Waals surface area contributed by atoms with Crippen LogP contribution in [0.15, 0.2) is 29.7 Å². The van der Waals surface area contributed by atoms with Crippen LogP contribution in [0, 0.1) is 0 Å². The van der Waals surface area contributed by atoms with E-state index in [0.29, 0.717) is 0 Å². The number of pyridine rings is 2. The van der Waals surface area contributed by atoms with E-state index in [9.17, 15) is 0 Å². The average Bonchev–Trinajstić information content (AvgIpc) is 2.72. The average molecular weight is 216 g/mol. The third-order valence-electron chi connectivity index (χ3n) is 2.25. The van der Waals surface area contributed by atoms with Gasteiger partial charge >= 0.3 is 0 Å². The van der Waals surface area contributed by atoms with Gasteiger partial charge in [0.1, 0.15) is 11.0 Å². The van der Waals surface area contributed by atoms with Crippen molar-refractivity contribution in [1.29, 1.82) is 0 Å². The van der Waals surface area contributed by atoms with Gasteiger partial charge in [-0.25, -0.2) is 4.98 Å². The fourth-order valence-corrected chi connectivity index (χ4v) is 1.95. The van der Waals surface area contributed by atoms with Gasteiger partial charge < -0.3 is 4.98 Å². The minimum Gasteiger partial charge on any atom is -0.332 e. The zero-order valence-corrected chi connectivity index (χ0v) is 8.88. The summed E-state index contributed by atoms with van der Waals surface area (Å²) < 4.78 is 0. The van der Waals surface area contributed by atoms with Crippen molar-refractivity contribution >= 4 is 33.8 Å². The minimum absolute atomic E-state index is 0.853. The number of nitrogens with zero attached hydrogens (tertiary/aromatic N) is 3. The van der Waals surface area contributed by atoms with Crippen molar-refractivity contribution in [3.05, 3.63) is 24.5 Å². The molecule has 0 aliphatic carbocycles. The summed E-state index contributed by atoms with van der Waals surface area (Å²) in [6.45, 7) is 0. The van der Waals surface area contributed by atoms with E-state index in [-0.39, 0.29) is 0 Å². The van der Waals surface area contributed by atoms with Crippen LogP contribution in [0.1, 0.15) is 0 Å². The van der Waals surface area contributed by atoms with Crippen LogP contribution in [0.25, 0.3) is 22.1 Å². The van der Waals surface area contributed by atoms with Gasteiger partial charge in [0.05, 0.1) is 17.2 Å². The summed E-state index contributed by atoms with van der Waals surface area (Å²) >= 11 is 1.58. The molecule has 0 aromatic carbocycles. The lowest BCUT2D eigenvalue weighted by molar-refractivity contribution is 1.09. The zero-order chi connectivity index (χ0) is 10.3. The maximum atomic E-state index is 4.46. The maximum Gasteiger partial charge on any atom is 0.166 e. The highest BCUT2D eigenvalue weighted by Crippen LogP contribution is 2.22. The molecule has 0 amide bonds. The van der Waals surface area contributed by atoms with Crippen LogP contribution in [0.5, 0.6) is 0 Å². The SMILES string of the molecule is CSc1nc2c(cnc3cccnc32)[nH]1. The predicted molar refractivity (Wildman–Crippen MR) is 61.0 cm³/mol. The second-order valence-corrected chi connectivity index (χ2v) is 3.93. The Hall–Kier alpha value is -1.62. The number of aromatic amines is 1. The number of hydrogen-bond donors (Lipinski definition) is 1. The quantitative estimate of drug-likeness (QED) is 0.634. The molecule has 5 heteroatoms. The third-order valence-corrected chi connectivity index (χ3v) is 2.83. The van der Waals surface area contributed by atoms with Crippen molar-refractivity contribution in [2.45, 2.75) is 5.16 Å². The van der Waals surface area contributed by atoms with Gasteiger partial charge in [0.15, 0.2) is 5.16 Å². The van der Waals surface area contributed by atoms with Gasteiger partial charge in [0.25, 0.3) is 0 Å². The van der Waals surface area contributed by atoms with Gasteiger partial charge in [-0.05, 0) is 18.4 Å². The van der Waals surface area contributed by atoms with Crippen LogP contribution in [-0.2, 0) is 0 Å². The van der Waals surface area contributed by atoms with Crippen molar-refractivity contribution in [3.63, 3.8) is 0 Å². The molecule has 0 aliphatic rings. The highest BCUT2D eigenvalue weighted by Gasteiger charge is 2.07. The van der Waals surface area contributed by atoms with Gasteiger partial charge in [0.2, 0.25) is 0 Å². The zero-order valence-electron chi connectivity index (χ0n) is 8.06.